The van der Waals surface area contributed by atoms with Crippen LogP contribution in [0, 0.1) is 18.3 Å². The Bertz CT molecular complexity index is 669. The summed E-state index contributed by atoms with van der Waals surface area (Å²) in [4.78, 5) is 11.9. The zero-order chi connectivity index (χ0) is 15.3. The molecule has 2 aliphatic rings. The number of ether oxygens (including phenoxy) is 1. The van der Waals surface area contributed by atoms with Crippen LogP contribution in [0.5, 0.6) is 0 Å². The second-order valence-corrected chi connectivity index (χ2v) is 8.61. The highest BCUT2D eigenvalue weighted by molar-refractivity contribution is 7.89. The van der Waals surface area contributed by atoms with Gasteiger partial charge in [-0.1, -0.05) is 0 Å². The minimum absolute atomic E-state index is 0.0750. The van der Waals surface area contributed by atoms with Gasteiger partial charge in [0.25, 0.3) is 0 Å². The van der Waals surface area contributed by atoms with Crippen molar-refractivity contribution >= 4 is 27.3 Å². The number of esters is 1. The van der Waals surface area contributed by atoms with Gasteiger partial charge in [0, 0.05) is 6.54 Å². The van der Waals surface area contributed by atoms with Gasteiger partial charge >= 0.3 is 5.97 Å². The molecule has 0 atom stereocenters. The van der Waals surface area contributed by atoms with Gasteiger partial charge in [0.05, 0.1) is 7.11 Å². The minimum atomic E-state index is -3.67. The lowest BCUT2D eigenvalue weighted by atomic mass is 10.0. The Hall–Kier alpha value is -0.920. The van der Waals surface area contributed by atoms with E-state index in [0.717, 1.165) is 24.2 Å². The maximum atomic E-state index is 12.6. The van der Waals surface area contributed by atoms with Crippen LogP contribution in [0.25, 0.3) is 0 Å². The Morgan fingerprint density at radius 3 is 2.67 bits per heavy atom. The van der Waals surface area contributed by atoms with Crippen molar-refractivity contribution < 1.29 is 17.9 Å². The van der Waals surface area contributed by atoms with Crippen molar-refractivity contribution in [3.63, 3.8) is 0 Å². The smallest absolute Gasteiger partial charge is 0.349 e. The summed E-state index contributed by atoms with van der Waals surface area (Å²) in [5.41, 5.74) is 0.770. The van der Waals surface area contributed by atoms with E-state index < -0.39 is 16.0 Å². The number of sulfonamides is 1. The lowest BCUT2D eigenvalue weighted by molar-refractivity contribution is 0.0602. The first-order chi connectivity index (χ1) is 9.89. The molecule has 0 saturated heterocycles. The molecular formula is C14H19NO4S2. The van der Waals surface area contributed by atoms with Crippen LogP contribution in [0.2, 0.25) is 0 Å². The number of hydrogen-bond donors (Lipinski definition) is 1. The monoisotopic (exact) mass is 329 g/mol. The van der Waals surface area contributed by atoms with Crippen LogP contribution in [0.3, 0.4) is 0 Å². The van der Waals surface area contributed by atoms with E-state index in [1.165, 1.54) is 20.0 Å². The summed E-state index contributed by atoms with van der Waals surface area (Å²) in [5.74, 6) is 0.0839. The third-order valence-corrected chi connectivity index (χ3v) is 7.30. The zero-order valence-electron chi connectivity index (χ0n) is 12.1. The summed E-state index contributed by atoms with van der Waals surface area (Å²) in [7, 11) is -2.42. The van der Waals surface area contributed by atoms with Crippen LogP contribution < -0.4 is 4.72 Å². The molecule has 116 valence electrons. The number of nitrogens with one attached hydrogen (secondary N) is 1. The molecule has 0 unspecified atom stereocenters. The Morgan fingerprint density at radius 2 is 2.14 bits per heavy atom. The summed E-state index contributed by atoms with van der Waals surface area (Å²) >= 11 is 1.11. The molecule has 1 aromatic rings. The number of carbonyl (C=O) groups excluding carboxylic acids is 1. The molecule has 0 spiro atoms. The number of rotatable bonds is 6. The molecule has 1 aromatic heterocycles. The highest BCUT2D eigenvalue weighted by Crippen LogP contribution is 2.60. The molecule has 0 radical (unpaired) electrons. The van der Waals surface area contributed by atoms with E-state index in [-0.39, 0.29) is 15.2 Å². The van der Waals surface area contributed by atoms with Gasteiger partial charge in [-0.15, -0.1) is 11.3 Å². The van der Waals surface area contributed by atoms with Crippen molar-refractivity contribution in [2.75, 3.05) is 13.7 Å². The number of aryl methyl sites for hydroxylation is 1. The van der Waals surface area contributed by atoms with Crippen LogP contribution in [-0.4, -0.2) is 28.0 Å². The quantitative estimate of drug-likeness (QED) is 0.813. The van der Waals surface area contributed by atoms with E-state index in [9.17, 15) is 13.2 Å². The maximum absolute atomic E-state index is 12.6. The standard InChI is InChI=1S/C14H19NO4S2/c1-9-7-20-11(13(16)19-2)12(9)21(17,18)15-8-14(5-6-14)10-3-4-10/h7,10,15H,3-6,8H2,1-2H3. The molecule has 2 aliphatic carbocycles. The fraction of sp³-hybridized carbons (Fsp3) is 0.643. The minimum Gasteiger partial charge on any atom is -0.465 e. The summed E-state index contributed by atoms with van der Waals surface area (Å²) in [5, 5.41) is 1.68. The molecule has 0 aliphatic heterocycles. The lowest BCUT2D eigenvalue weighted by Crippen LogP contribution is -2.32. The van der Waals surface area contributed by atoms with Crippen molar-refractivity contribution in [1.29, 1.82) is 0 Å². The second-order valence-electron chi connectivity index (χ2n) is 6.03. The van der Waals surface area contributed by atoms with Crippen LogP contribution in [0.15, 0.2) is 10.3 Å². The van der Waals surface area contributed by atoms with E-state index in [0.29, 0.717) is 18.0 Å². The Morgan fingerprint density at radius 1 is 1.48 bits per heavy atom. The fourth-order valence-corrected chi connectivity index (χ4v) is 5.74. The van der Waals surface area contributed by atoms with Gasteiger partial charge in [0.15, 0.2) is 0 Å². The molecule has 3 rings (SSSR count). The Balaban J connectivity index is 1.81. The highest BCUT2D eigenvalue weighted by atomic mass is 32.2. The normalized spacial score (nSPS) is 20.3. The van der Waals surface area contributed by atoms with Gasteiger partial charge in [0.2, 0.25) is 10.0 Å². The first-order valence-corrected chi connectivity index (χ1v) is 9.42. The molecular weight excluding hydrogens is 310 g/mol. The summed E-state index contributed by atoms with van der Waals surface area (Å²) in [6.07, 6.45) is 4.64. The van der Waals surface area contributed by atoms with Gasteiger partial charge in [0.1, 0.15) is 9.77 Å². The van der Waals surface area contributed by atoms with Crippen LogP contribution in [0.1, 0.15) is 40.9 Å². The number of carbonyl (C=O) groups is 1. The zero-order valence-corrected chi connectivity index (χ0v) is 13.8. The molecule has 0 amide bonds. The fourth-order valence-electron chi connectivity index (χ4n) is 2.90. The third kappa shape index (κ3) is 2.74. The SMILES string of the molecule is COC(=O)c1scc(C)c1S(=O)(=O)NCC1(C2CC2)CC1. The van der Waals surface area contributed by atoms with E-state index in [4.69, 9.17) is 0 Å². The number of thiophene rings is 1. The molecule has 21 heavy (non-hydrogen) atoms. The van der Waals surface area contributed by atoms with Crippen molar-refractivity contribution in [1.82, 2.24) is 4.72 Å². The van der Waals surface area contributed by atoms with Gasteiger partial charge in [-0.05, 0) is 54.9 Å². The molecule has 5 nitrogen and oxygen atoms in total. The van der Waals surface area contributed by atoms with E-state index in [2.05, 4.69) is 9.46 Å². The molecule has 7 heteroatoms. The van der Waals surface area contributed by atoms with E-state index in [1.54, 1.807) is 12.3 Å². The van der Waals surface area contributed by atoms with Gasteiger partial charge in [-0.2, -0.15) is 0 Å². The van der Waals surface area contributed by atoms with Crippen molar-refractivity contribution in [3.05, 3.63) is 15.8 Å². The van der Waals surface area contributed by atoms with Gasteiger partial charge < -0.3 is 4.74 Å². The first-order valence-electron chi connectivity index (χ1n) is 7.06. The molecule has 2 fully saturated rings. The van der Waals surface area contributed by atoms with Crippen LogP contribution >= 0.6 is 11.3 Å². The van der Waals surface area contributed by atoms with E-state index in [1.807, 2.05) is 0 Å². The molecule has 2 saturated carbocycles. The van der Waals surface area contributed by atoms with Gasteiger partial charge in [-0.25, -0.2) is 17.9 Å². The summed E-state index contributed by atoms with van der Waals surface area (Å²) < 4.78 is 32.5. The van der Waals surface area contributed by atoms with Crippen molar-refractivity contribution in [2.24, 2.45) is 11.3 Å². The van der Waals surface area contributed by atoms with Gasteiger partial charge in [-0.3, -0.25) is 0 Å². The molecule has 1 heterocycles. The molecule has 0 aromatic carbocycles. The highest BCUT2D eigenvalue weighted by Gasteiger charge is 2.53. The Kier molecular flexibility index (Phi) is 3.62. The third-order valence-electron chi connectivity index (χ3n) is 4.51. The van der Waals surface area contributed by atoms with Crippen molar-refractivity contribution in [3.8, 4) is 0 Å². The molecule has 0 bridgehead atoms. The Labute approximate surface area is 128 Å². The second kappa shape index (κ2) is 5.07. The average molecular weight is 329 g/mol. The lowest BCUT2D eigenvalue weighted by Gasteiger charge is -2.15. The predicted octanol–water partition coefficient (Wildman–Crippen LogP) is 2.31. The first kappa shape index (κ1) is 15.0. The molecule has 1 N–H and O–H groups in total. The van der Waals surface area contributed by atoms with E-state index >= 15 is 0 Å². The van der Waals surface area contributed by atoms with Crippen LogP contribution in [-0.2, 0) is 14.8 Å². The number of methoxy groups -OCH3 is 1. The maximum Gasteiger partial charge on any atom is 0.349 e. The summed E-state index contributed by atoms with van der Waals surface area (Å²) in [6, 6.07) is 0. The summed E-state index contributed by atoms with van der Waals surface area (Å²) in [6.45, 7) is 2.18. The van der Waals surface area contributed by atoms with Crippen LogP contribution in [0.4, 0.5) is 0 Å². The van der Waals surface area contributed by atoms with Crippen molar-refractivity contribution in [2.45, 2.75) is 37.5 Å². The number of hydrogen-bond acceptors (Lipinski definition) is 5. The largest absolute Gasteiger partial charge is 0.465 e. The average Bonchev–Trinajstić information content (AvgIpc) is 3.33. The predicted molar refractivity (Wildman–Crippen MR) is 80.0 cm³/mol. The topological polar surface area (TPSA) is 72.5 Å².